The number of pyridine rings is 1. The summed E-state index contributed by atoms with van der Waals surface area (Å²) in [6.45, 7) is 0.795. The molecule has 4 aromatic rings. The fourth-order valence-corrected chi connectivity index (χ4v) is 4.07. The van der Waals surface area contributed by atoms with E-state index in [1.807, 2.05) is 48.5 Å². The standard InChI is InChI=1S/C23H21N5O2/c29-22-13-27(23(30)19-6-2-4-8-21(19)28-15-24-14-25-28)12-17(22)11-18-10-9-16-5-1-3-7-20(16)26-18/h1-10,14-15,17,22,29H,11-13H2/t17-,22-/m1/s1. The number of rotatable bonds is 4. The van der Waals surface area contributed by atoms with Gasteiger partial charge in [-0.2, -0.15) is 5.10 Å². The van der Waals surface area contributed by atoms with Gasteiger partial charge in [-0.1, -0.05) is 36.4 Å². The maximum absolute atomic E-state index is 13.2. The van der Waals surface area contributed by atoms with E-state index in [9.17, 15) is 9.90 Å². The van der Waals surface area contributed by atoms with Gasteiger partial charge < -0.3 is 10.0 Å². The molecule has 1 fully saturated rings. The minimum Gasteiger partial charge on any atom is -0.391 e. The summed E-state index contributed by atoms with van der Waals surface area (Å²) in [5.74, 6) is -0.171. The topological polar surface area (TPSA) is 84.1 Å². The van der Waals surface area contributed by atoms with Crippen LogP contribution in [0.4, 0.5) is 0 Å². The maximum atomic E-state index is 13.2. The minimum absolute atomic E-state index is 0.0545. The average molecular weight is 399 g/mol. The van der Waals surface area contributed by atoms with E-state index in [1.54, 1.807) is 22.0 Å². The fourth-order valence-electron chi connectivity index (χ4n) is 4.07. The van der Waals surface area contributed by atoms with Crippen LogP contribution in [0.25, 0.3) is 16.6 Å². The van der Waals surface area contributed by atoms with Gasteiger partial charge in [0, 0.05) is 30.1 Å². The molecule has 0 radical (unpaired) electrons. The van der Waals surface area contributed by atoms with Crippen molar-refractivity contribution >= 4 is 16.8 Å². The number of benzene rings is 2. The fraction of sp³-hybridized carbons (Fsp3) is 0.217. The van der Waals surface area contributed by atoms with Crippen LogP contribution in [0.15, 0.2) is 73.3 Å². The van der Waals surface area contributed by atoms with Gasteiger partial charge in [-0.05, 0) is 30.7 Å². The summed E-state index contributed by atoms with van der Waals surface area (Å²) in [7, 11) is 0. The Morgan fingerprint density at radius 2 is 1.87 bits per heavy atom. The number of likely N-dealkylation sites (tertiary alicyclic amines) is 1. The van der Waals surface area contributed by atoms with E-state index in [4.69, 9.17) is 4.98 Å². The first-order chi connectivity index (χ1) is 14.7. The third-order valence-electron chi connectivity index (χ3n) is 5.62. The summed E-state index contributed by atoms with van der Waals surface area (Å²) < 4.78 is 1.58. The lowest BCUT2D eigenvalue weighted by molar-refractivity contribution is 0.0764. The maximum Gasteiger partial charge on any atom is 0.256 e. The molecular weight excluding hydrogens is 378 g/mol. The van der Waals surface area contributed by atoms with Gasteiger partial charge in [-0.25, -0.2) is 9.67 Å². The van der Waals surface area contributed by atoms with Crippen LogP contribution in [0.1, 0.15) is 16.1 Å². The predicted octanol–water partition coefficient (Wildman–Crippen LogP) is 2.49. The van der Waals surface area contributed by atoms with Gasteiger partial charge in [-0.15, -0.1) is 0 Å². The molecule has 2 aromatic carbocycles. The molecule has 0 bridgehead atoms. The molecule has 150 valence electrons. The number of carbonyl (C=O) groups is 1. The first kappa shape index (κ1) is 18.4. The smallest absolute Gasteiger partial charge is 0.256 e. The van der Waals surface area contributed by atoms with Crippen LogP contribution in [-0.2, 0) is 6.42 Å². The van der Waals surface area contributed by atoms with Crippen LogP contribution in [0.3, 0.4) is 0 Å². The van der Waals surface area contributed by atoms with Crippen molar-refractivity contribution in [2.45, 2.75) is 12.5 Å². The van der Waals surface area contributed by atoms with Crippen molar-refractivity contribution in [3.63, 3.8) is 0 Å². The lowest BCUT2D eigenvalue weighted by Gasteiger charge is -2.18. The highest BCUT2D eigenvalue weighted by Crippen LogP contribution is 2.25. The van der Waals surface area contributed by atoms with Gasteiger partial charge in [0.05, 0.1) is 22.9 Å². The highest BCUT2D eigenvalue weighted by molar-refractivity contribution is 5.98. The Morgan fingerprint density at radius 3 is 2.73 bits per heavy atom. The second kappa shape index (κ2) is 7.68. The molecule has 5 rings (SSSR count). The second-order valence-electron chi connectivity index (χ2n) is 7.59. The minimum atomic E-state index is -0.583. The number of aliphatic hydroxyl groups excluding tert-OH is 1. The average Bonchev–Trinajstić information content (AvgIpc) is 3.44. The van der Waals surface area contributed by atoms with Crippen molar-refractivity contribution in [3.05, 3.63) is 84.6 Å². The number of para-hydroxylation sites is 2. The third-order valence-corrected chi connectivity index (χ3v) is 5.62. The molecule has 0 unspecified atom stereocenters. The molecule has 0 saturated carbocycles. The summed E-state index contributed by atoms with van der Waals surface area (Å²) >= 11 is 0. The first-order valence-corrected chi connectivity index (χ1v) is 9.95. The third kappa shape index (κ3) is 3.44. The van der Waals surface area contributed by atoms with E-state index in [2.05, 4.69) is 16.1 Å². The van der Waals surface area contributed by atoms with Crippen LogP contribution >= 0.6 is 0 Å². The molecule has 1 saturated heterocycles. The van der Waals surface area contributed by atoms with E-state index in [0.717, 1.165) is 16.6 Å². The van der Waals surface area contributed by atoms with Gasteiger partial charge in [0.25, 0.3) is 5.91 Å². The Hall–Kier alpha value is -3.58. The van der Waals surface area contributed by atoms with Gasteiger partial charge in [0.1, 0.15) is 12.7 Å². The number of hydrogen-bond donors (Lipinski definition) is 1. The normalized spacial score (nSPS) is 18.8. The Labute approximate surface area is 173 Å². The number of β-amino-alcohol motifs (C(OH)–C–C–N with tert-alkyl or cyclic N) is 1. The Balaban J connectivity index is 1.35. The van der Waals surface area contributed by atoms with Crippen molar-refractivity contribution in [3.8, 4) is 5.69 Å². The van der Waals surface area contributed by atoms with E-state index < -0.39 is 6.10 Å². The molecule has 2 atom stereocenters. The molecule has 1 amide bonds. The van der Waals surface area contributed by atoms with E-state index in [-0.39, 0.29) is 11.8 Å². The molecule has 1 N–H and O–H groups in total. The molecule has 3 heterocycles. The molecule has 7 heteroatoms. The zero-order valence-corrected chi connectivity index (χ0v) is 16.3. The summed E-state index contributed by atoms with van der Waals surface area (Å²) in [6.07, 6.45) is 3.05. The molecule has 0 spiro atoms. The summed E-state index contributed by atoms with van der Waals surface area (Å²) in [6, 6.07) is 19.3. The zero-order valence-electron chi connectivity index (χ0n) is 16.3. The number of amides is 1. The largest absolute Gasteiger partial charge is 0.391 e. The molecular formula is C23H21N5O2. The SMILES string of the molecule is O=C(c1ccccc1-n1cncn1)N1C[C@@H](Cc2ccc3ccccc3n2)[C@H](O)C1. The van der Waals surface area contributed by atoms with Crippen molar-refractivity contribution in [2.75, 3.05) is 13.1 Å². The van der Waals surface area contributed by atoms with Crippen LogP contribution in [-0.4, -0.2) is 54.9 Å². The van der Waals surface area contributed by atoms with Crippen LogP contribution in [0.2, 0.25) is 0 Å². The van der Waals surface area contributed by atoms with Crippen molar-refractivity contribution in [1.82, 2.24) is 24.6 Å². The second-order valence-corrected chi connectivity index (χ2v) is 7.59. The Bertz CT molecular complexity index is 1190. The number of fused-ring (bicyclic) bond motifs is 1. The van der Waals surface area contributed by atoms with Crippen LogP contribution in [0, 0.1) is 5.92 Å². The van der Waals surface area contributed by atoms with Gasteiger partial charge in [-0.3, -0.25) is 9.78 Å². The van der Waals surface area contributed by atoms with Crippen molar-refractivity contribution in [2.24, 2.45) is 5.92 Å². The summed E-state index contributed by atoms with van der Waals surface area (Å²) in [5, 5.41) is 15.9. The quantitative estimate of drug-likeness (QED) is 0.570. The van der Waals surface area contributed by atoms with E-state index >= 15 is 0 Å². The molecule has 30 heavy (non-hydrogen) atoms. The summed E-state index contributed by atoms with van der Waals surface area (Å²) in [5.41, 5.74) is 3.08. The molecule has 7 nitrogen and oxygen atoms in total. The number of carbonyl (C=O) groups excluding carboxylic acids is 1. The number of hydrogen-bond acceptors (Lipinski definition) is 5. The van der Waals surface area contributed by atoms with Gasteiger partial charge in [0.2, 0.25) is 0 Å². The highest BCUT2D eigenvalue weighted by Gasteiger charge is 2.35. The van der Waals surface area contributed by atoms with Gasteiger partial charge >= 0.3 is 0 Å². The Kier molecular flexibility index (Phi) is 4.72. The van der Waals surface area contributed by atoms with E-state index in [1.165, 1.54) is 6.33 Å². The number of aromatic nitrogens is 4. The lowest BCUT2D eigenvalue weighted by atomic mass is 9.99. The van der Waals surface area contributed by atoms with Crippen LogP contribution < -0.4 is 0 Å². The highest BCUT2D eigenvalue weighted by atomic mass is 16.3. The van der Waals surface area contributed by atoms with Gasteiger partial charge in [0.15, 0.2) is 0 Å². The summed E-state index contributed by atoms with van der Waals surface area (Å²) in [4.78, 5) is 23.6. The van der Waals surface area contributed by atoms with Crippen molar-refractivity contribution in [1.29, 1.82) is 0 Å². The molecule has 0 aliphatic carbocycles. The monoisotopic (exact) mass is 399 g/mol. The van der Waals surface area contributed by atoms with E-state index in [0.29, 0.717) is 30.8 Å². The Morgan fingerprint density at radius 1 is 1.03 bits per heavy atom. The number of nitrogens with zero attached hydrogens (tertiary/aromatic N) is 5. The first-order valence-electron chi connectivity index (χ1n) is 9.95. The number of aliphatic hydroxyl groups is 1. The molecule has 1 aliphatic rings. The zero-order chi connectivity index (χ0) is 20.5. The predicted molar refractivity (Wildman–Crippen MR) is 112 cm³/mol. The van der Waals surface area contributed by atoms with Crippen LogP contribution in [0.5, 0.6) is 0 Å². The lowest BCUT2D eigenvalue weighted by Crippen LogP contribution is -2.30. The molecule has 1 aliphatic heterocycles. The van der Waals surface area contributed by atoms with Crippen molar-refractivity contribution < 1.29 is 9.90 Å². The molecule has 2 aromatic heterocycles.